The Labute approximate surface area is 192 Å². The summed E-state index contributed by atoms with van der Waals surface area (Å²) < 4.78 is 0. The Balaban J connectivity index is 1.32. The molecule has 0 radical (unpaired) electrons. The fourth-order valence-corrected chi connectivity index (χ4v) is 8.09. The van der Waals surface area contributed by atoms with Gasteiger partial charge in [-0.05, 0) is 92.0 Å². The van der Waals surface area contributed by atoms with E-state index in [1.165, 1.54) is 49.7 Å². The number of likely N-dealkylation sites (N-methyl/N-ethyl adjacent to an activating group) is 1. The van der Waals surface area contributed by atoms with Gasteiger partial charge in [0, 0.05) is 37.7 Å². The summed E-state index contributed by atoms with van der Waals surface area (Å²) in [6.07, 6.45) is 8.58. The highest BCUT2D eigenvalue weighted by Crippen LogP contribution is 2.65. The van der Waals surface area contributed by atoms with Crippen LogP contribution in [0.2, 0.25) is 0 Å². The quantitative estimate of drug-likeness (QED) is 0.649. The third kappa shape index (κ3) is 3.59. The molecule has 1 amide bonds. The molecule has 1 saturated heterocycles. The highest BCUT2D eigenvalue weighted by atomic mass is 16.2. The molecule has 5 aliphatic rings. The largest absolute Gasteiger partial charge is 0.336 e. The predicted octanol–water partition coefficient (Wildman–Crippen LogP) is 5.42. The molecule has 0 N–H and O–H groups in total. The van der Waals surface area contributed by atoms with E-state index >= 15 is 0 Å². The molecular formula is C29H36N2O. The van der Waals surface area contributed by atoms with Gasteiger partial charge in [-0.15, -0.1) is 0 Å². The molecule has 4 saturated carbocycles. The van der Waals surface area contributed by atoms with Crippen molar-refractivity contribution in [1.29, 1.82) is 0 Å². The Morgan fingerprint density at radius 3 is 1.88 bits per heavy atom. The van der Waals surface area contributed by atoms with Crippen molar-refractivity contribution in [3.8, 4) is 0 Å². The summed E-state index contributed by atoms with van der Waals surface area (Å²) in [7, 11) is 2.13. The smallest absolute Gasteiger partial charge is 0.253 e. The molecule has 0 aromatic heterocycles. The van der Waals surface area contributed by atoms with E-state index in [2.05, 4.69) is 66.5 Å². The summed E-state index contributed by atoms with van der Waals surface area (Å²) >= 11 is 0. The molecule has 168 valence electrons. The summed E-state index contributed by atoms with van der Waals surface area (Å²) in [6, 6.07) is 20.0. The highest BCUT2D eigenvalue weighted by Gasteiger charge is 2.54. The van der Waals surface area contributed by atoms with Gasteiger partial charge in [0.1, 0.15) is 0 Å². The maximum absolute atomic E-state index is 13.1. The zero-order valence-electron chi connectivity index (χ0n) is 19.4. The monoisotopic (exact) mass is 428 g/mol. The van der Waals surface area contributed by atoms with Crippen LogP contribution in [0.15, 0.2) is 54.6 Å². The molecule has 3 nitrogen and oxygen atoms in total. The third-order valence-electron chi connectivity index (χ3n) is 9.11. The summed E-state index contributed by atoms with van der Waals surface area (Å²) in [6.45, 7) is 3.59. The van der Waals surface area contributed by atoms with Gasteiger partial charge in [-0.1, -0.05) is 42.5 Å². The normalized spacial score (nSPS) is 32.8. The Bertz CT molecular complexity index is 923. The fraction of sp³-hybridized carbons (Fsp3) is 0.552. The lowest BCUT2D eigenvalue weighted by Crippen LogP contribution is -2.49. The predicted molar refractivity (Wildman–Crippen MR) is 129 cm³/mol. The van der Waals surface area contributed by atoms with Crippen molar-refractivity contribution >= 4 is 5.91 Å². The van der Waals surface area contributed by atoms with Crippen molar-refractivity contribution in [3.63, 3.8) is 0 Å². The molecule has 5 fully saturated rings. The number of carbonyl (C=O) groups is 1. The molecule has 2 aromatic rings. The van der Waals surface area contributed by atoms with Crippen LogP contribution in [0.5, 0.6) is 0 Å². The van der Waals surface area contributed by atoms with Crippen LogP contribution in [0.3, 0.4) is 0 Å². The number of hydrogen-bond donors (Lipinski definition) is 0. The van der Waals surface area contributed by atoms with E-state index in [9.17, 15) is 4.79 Å². The molecule has 1 unspecified atom stereocenters. The molecule has 7 rings (SSSR count). The van der Waals surface area contributed by atoms with Crippen LogP contribution in [0.4, 0.5) is 0 Å². The number of piperazine rings is 1. The average Bonchev–Trinajstić information content (AvgIpc) is 2.79. The molecule has 1 atom stereocenters. The van der Waals surface area contributed by atoms with Crippen LogP contribution in [0, 0.1) is 23.2 Å². The number of nitrogens with zero attached hydrogens (tertiary/aromatic N) is 2. The second-order valence-corrected chi connectivity index (χ2v) is 11.3. The van der Waals surface area contributed by atoms with Gasteiger partial charge in [0.25, 0.3) is 5.91 Å². The summed E-state index contributed by atoms with van der Waals surface area (Å²) in [5.74, 6) is 3.45. The van der Waals surface area contributed by atoms with Crippen molar-refractivity contribution in [1.82, 2.24) is 9.80 Å². The molecule has 4 bridgehead atoms. The molecule has 3 heteroatoms. The Morgan fingerprint density at radius 1 is 0.781 bits per heavy atom. The van der Waals surface area contributed by atoms with Crippen molar-refractivity contribution in [2.45, 2.75) is 44.4 Å². The van der Waals surface area contributed by atoms with Crippen molar-refractivity contribution in [3.05, 3.63) is 71.3 Å². The Kier molecular flexibility index (Phi) is 5.13. The van der Waals surface area contributed by atoms with Crippen LogP contribution in [0.1, 0.15) is 65.9 Å². The lowest BCUT2D eigenvalue weighted by Gasteiger charge is -2.59. The summed E-state index contributed by atoms with van der Waals surface area (Å²) in [5.41, 5.74) is 4.12. The first-order chi connectivity index (χ1) is 15.6. The third-order valence-corrected chi connectivity index (χ3v) is 9.11. The number of rotatable bonds is 4. The van der Waals surface area contributed by atoms with E-state index in [-0.39, 0.29) is 5.91 Å². The van der Waals surface area contributed by atoms with E-state index in [1.807, 2.05) is 4.90 Å². The van der Waals surface area contributed by atoms with Gasteiger partial charge in [0.15, 0.2) is 0 Å². The van der Waals surface area contributed by atoms with E-state index in [0.29, 0.717) is 11.3 Å². The first-order valence-electron chi connectivity index (χ1n) is 12.7. The lowest BCUT2D eigenvalue weighted by molar-refractivity contribution is -0.0618. The van der Waals surface area contributed by atoms with Gasteiger partial charge in [0.05, 0.1) is 0 Å². The van der Waals surface area contributed by atoms with Gasteiger partial charge in [0.2, 0.25) is 0 Å². The molecule has 2 aromatic carbocycles. The molecule has 1 heterocycles. The molecular weight excluding hydrogens is 392 g/mol. The number of carbonyl (C=O) groups excluding carboxylic acids is 1. The first kappa shape index (κ1) is 20.5. The zero-order valence-corrected chi connectivity index (χ0v) is 19.4. The van der Waals surface area contributed by atoms with Crippen molar-refractivity contribution in [2.75, 3.05) is 33.2 Å². The fourth-order valence-electron chi connectivity index (χ4n) is 8.09. The van der Waals surface area contributed by atoms with Gasteiger partial charge in [-0.25, -0.2) is 0 Å². The van der Waals surface area contributed by atoms with Crippen LogP contribution in [0.25, 0.3) is 0 Å². The minimum Gasteiger partial charge on any atom is -0.336 e. The van der Waals surface area contributed by atoms with Crippen LogP contribution >= 0.6 is 0 Å². The highest BCUT2D eigenvalue weighted by molar-refractivity contribution is 5.94. The number of hydrogen-bond acceptors (Lipinski definition) is 2. The maximum Gasteiger partial charge on any atom is 0.253 e. The molecule has 0 spiro atoms. The summed E-state index contributed by atoms with van der Waals surface area (Å²) in [5, 5.41) is 0. The summed E-state index contributed by atoms with van der Waals surface area (Å²) in [4.78, 5) is 17.4. The van der Waals surface area contributed by atoms with Crippen LogP contribution in [-0.4, -0.2) is 48.9 Å². The molecule has 1 aliphatic heterocycles. The van der Waals surface area contributed by atoms with Crippen molar-refractivity contribution < 1.29 is 4.79 Å². The zero-order chi connectivity index (χ0) is 21.7. The van der Waals surface area contributed by atoms with Crippen molar-refractivity contribution in [2.24, 2.45) is 23.2 Å². The Morgan fingerprint density at radius 2 is 1.31 bits per heavy atom. The molecule has 4 aliphatic carbocycles. The van der Waals surface area contributed by atoms with E-state index in [0.717, 1.165) is 49.5 Å². The molecule has 32 heavy (non-hydrogen) atoms. The van der Waals surface area contributed by atoms with Gasteiger partial charge < -0.3 is 9.80 Å². The maximum atomic E-state index is 13.1. The number of amides is 1. The number of benzene rings is 2. The standard InChI is InChI=1S/C29H36N2O/c1-30-11-13-31(14-12-30)28(32)26-9-7-25(8-10-26)27(24-5-3-2-4-6-24)29-18-21-15-22(19-29)17-23(16-21)20-29/h2-10,21-23,27H,11-20H2,1H3. The topological polar surface area (TPSA) is 23.6 Å². The minimum absolute atomic E-state index is 0.190. The lowest BCUT2D eigenvalue weighted by atomic mass is 9.45. The van der Waals surface area contributed by atoms with Gasteiger partial charge >= 0.3 is 0 Å². The minimum atomic E-state index is 0.190. The SMILES string of the molecule is CN1CCN(C(=O)c2ccc(C(c3ccccc3)C34CC5CC(CC(C5)C3)C4)cc2)CC1. The van der Waals surface area contributed by atoms with E-state index < -0.39 is 0 Å². The average molecular weight is 429 g/mol. The van der Waals surface area contributed by atoms with E-state index in [4.69, 9.17) is 0 Å². The second kappa shape index (κ2) is 8.02. The first-order valence-corrected chi connectivity index (χ1v) is 12.7. The Hall–Kier alpha value is -2.13. The van der Waals surface area contributed by atoms with Gasteiger partial charge in [-0.3, -0.25) is 4.79 Å². The van der Waals surface area contributed by atoms with Crippen LogP contribution in [-0.2, 0) is 0 Å². The van der Waals surface area contributed by atoms with E-state index in [1.54, 1.807) is 0 Å². The van der Waals surface area contributed by atoms with Crippen LogP contribution < -0.4 is 0 Å². The van der Waals surface area contributed by atoms with Gasteiger partial charge in [-0.2, -0.15) is 0 Å². The second-order valence-electron chi connectivity index (χ2n) is 11.3.